The van der Waals surface area contributed by atoms with Gasteiger partial charge in [-0.3, -0.25) is 4.79 Å². The van der Waals surface area contributed by atoms with E-state index in [4.69, 9.17) is 0 Å². The first kappa shape index (κ1) is 13.2. The van der Waals surface area contributed by atoms with E-state index in [0.29, 0.717) is 17.0 Å². The topological polar surface area (TPSA) is 62.4 Å². The monoisotopic (exact) mass is 282 g/mol. The molecule has 5 nitrogen and oxygen atoms in total. The lowest BCUT2D eigenvalue weighted by molar-refractivity contribution is -0.112. The molecule has 0 unspecified atom stereocenters. The van der Waals surface area contributed by atoms with E-state index in [1.54, 1.807) is 30.2 Å². The molecule has 21 heavy (non-hydrogen) atoms. The molecule has 0 spiro atoms. The number of methoxy groups -OCH3 is 1. The fraction of sp³-hybridized carbons (Fsp3) is 0.125. The average Bonchev–Trinajstić information content (AvgIpc) is 3.07. The van der Waals surface area contributed by atoms with Crippen LogP contribution >= 0.6 is 0 Å². The summed E-state index contributed by atoms with van der Waals surface area (Å²) >= 11 is 0. The van der Waals surface area contributed by atoms with Gasteiger partial charge in [-0.2, -0.15) is 0 Å². The third kappa shape index (κ3) is 2.12. The molecule has 1 aliphatic heterocycles. The summed E-state index contributed by atoms with van der Waals surface area (Å²) in [6.45, 7) is 0. The molecule has 0 saturated carbocycles. The molecule has 1 aliphatic rings. The van der Waals surface area contributed by atoms with Crippen molar-refractivity contribution in [1.29, 1.82) is 0 Å². The van der Waals surface area contributed by atoms with Gasteiger partial charge < -0.3 is 14.6 Å². The number of ether oxygens (including phenoxy) is 1. The second-order valence-electron chi connectivity index (χ2n) is 4.76. The summed E-state index contributed by atoms with van der Waals surface area (Å²) in [4.78, 5) is 28.3. The van der Waals surface area contributed by atoms with E-state index in [1.165, 1.54) is 7.11 Å². The lowest BCUT2D eigenvalue weighted by Crippen LogP contribution is -2.20. The molecular formula is C16H14N2O3. The van der Waals surface area contributed by atoms with Crippen LogP contribution in [0.4, 0.5) is 5.69 Å². The predicted octanol–water partition coefficient (Wildman–Crippen LogP) is 2.32. The van der Waals surface area contributed by atoms with E-state index < -0.39 is 5.97 Å². The SMILES string of the molecule is COC(=O)c1ccc(C=C2C(=O)N(C)c3ccccc32)[nH]1. The van der Waals surface area contributed by atoms with Crippen LogP contribution in [-0.4, -0.2) is 31.0 Å². The summed E-state index contributed by atoms with van der Waals surface area (Å²) in [5.74, 6) is -0.500. The summed E-state index contributed by atoms with van der Waals surface area (Å²) in [6.07, 6.45) is 1.75. The molecule has 0 saturated heterocycles. The van der Waals surface area contributed by atoms with E-state index in [1.807, 2.05) is 24.3 Å². The number of aromatic amines is 1. The number of carbonyl (C=O) groups excluding carboxylic acids is 2. The molecule has 1 aromatic carbocycles. The highest BCUT2D eigenvalue weighted by Gasteiger charge is 2.29. The molecule has 106 valence electrons. The minimum atomic E-state index is -0.435. The van der Waals surface area contributed by atoms with Crippen molar-refractivity contribution >= 4 is 29.2 Å². The van der Waals surface area contributed by atoms with Crippen LogP contribution in [0.5, 0.6) is 0 Å². The molecule has 0 atom stereocenters. The van der Waals surface area contributed by atoms with Gasteiger partial charge in [-0.1, -0.05) is 18.2 Å². The second-order valence-corrected chi connectivity index (χ2v) is 4.76. The Morgan fingerprint density at radius 2 is 2.00 bits per heavy atom. The van der Waals surface area contributed by atoms with Gasteiger partial charge in [0.1, 0.15) is 5.69 Å². The van der Waals surface area contributed by atoms with Crippen LogP contribution in [0.15, 0.2) is 36.4 Å². The minimum absolute atomic E-state index is 0.0644. The predicted molar refractivity (Wildman–Crippen MR) is 79.9 cm³/mol. The van der Waals surface area contributed by atoms with Crippen molar-refractivity contribution in [3.8, 4) is 0 Å². The maximum absolute atomic E-state index is 12.3. The number of hydrogen-bond donors (Lipinski definition) is 1. The van der Waals surface area contributed by atoms with Crippen molar-refractivity contribution in [2.45, 2.75) is 0 Å². The van der Waals surface area contributed by atoms with Crippen LogP contribution < -0.4 is 4.90 Å². The molecule has 1 N–H and O–H groups in total. The Labute approximate surface area is 121 Å². The molecule has 0 radical (unpaired) electrons. The van der Waals surface area contributed by atoms with Gasteiger partial charge in [0.05, 0.1) is 18.4 Å². The fourth-order valence-electron chi connectivity index (χ4n) is 2.42. The Hall–Kier alpha value is -2.82. The standard InChI is InChI=1S/C16H14N2O3/c1-18-14-6-4-3-5-11(14)12(15(18)19)9-10-7-8-13(17-10)16(20)21-2/h3-9,17H,1-2H3. The van der Waals surface area contributed by atoms with Gasteiger partial charge in [0.2, 0.25) is 0 Å². The molecule has 0 bridgehead atoms. The Kier molecular flexibility index (Phi) is 3.10. The number of esters is 1. The van der Waals surface area contributed by atoms with Crippen LogP contribution in [0, 0.1) is 0 Å². The normalized spacial score (nSPS) is 15.4. The first-order valence-electron chi connectivity index (χ1n) is 6.48. The van der Waals surface area contributed by atoms with Gasteiger partial charge in [0, 0.05) is 18.3 Å². The van der Waals surface area contributed by atoms with Crippen molar-refractivity contribution in [2.75, 3.05) is 19.1 Å². The van der Waals surface area contributed by atoms with E-state index in [9.17, 15) is 9.59 Å². The maximum atomic E-state index is 12.3. The minimum Gasteiger partial charge on any atom is -0.464 e. The fourth-order valence-corrected chi connectivity index (χ4v) is 2.42. The lowest BCUT2D eigenvalue weighted by atomic mass is 10.1. The first-order chi connectivity index (χ1) is 10.1. The number of carbonyl (C=O) groups is 2. The van der Waals surface area contributed by atoms with Crippen LogP contribution in [0.25, 0.3) is 11.6 Å². The number of H-pyrrole nitrogens is 1. The number of para-hydroxylation sites is 1. The third-order valence-corrected chi connectivity index (χ3v) is 3.50. The van der Waals surface area contributed by atoms with Gasteiger partial charge >= 0.3 is 5.97 Å². The van der Waals surface area contributed by atoms with Crippen molar-refractivity contribution in [1.82, 2.24) is 4.98 Å². The Morgan fingerprint density at radius 1 is 1.24 bits per heavy atom. The van der Waals surface area contributed by atoms with Gasteiger partial charge in [-0.05, 0) is 24.3 Å². The number of aromatic nitrogens is 1. The quantitative estimate of drug-likeness (QED) is 0.679. The second kappa shape index (κ2) is 4.94. The summed E-state index contributed by atoms with van der Waals surface area (Å²) < 4.78 is 4.65. The largest absolute Gasteiger partial charge is 0.464 e. The smallest absolute Gasteiger partial charge is 0.354 e. The van der Waals surface area contributed by atoms with E-state index >= 15 is 0 Å². The zero-order chi connectivity index (χ0) is 15.0. The van der Waals surface area contributed by atoms with Gasteiger partial charge in [-0.15, -0.1) is 0 Å². The lowest BCUT2D eigenvalue weighted by Gasteiger charge is -2.07. The summed E-state index contributed by atoms with van der Waals surface area (Å²) in [7, 11) is 3.07. The number of benzene rings is 1. The number of rotatable bonds is 2. The van der Waals surface area contributed by atoms with Crippen LogP contribution in [0.2, 0.25) is 0 Å². The number of nitrogens with zero attached hydrogens (tertiary/aromatic N) is 1. The Morgan fingerprint density at radius 3 is 2.76 bits per heavy atom. The van der Waals surface area contributed by atoms with Crippen LogP contribution in [0.3, 0.4) is 0 Å². The van der Waals surface area contributed by atoms with Crippen molar-refractivity contribution in [2.24, 2.45) is 0 Å². The number of hydrogen-bond acceptors (Lipinski definition) is 3. The average molecular weight is 282 g/mol. The molecule has 0 fully saturated rings. The van der Waals surface area contributed by atoms with Crippen molar-refractivity contribution < 1.29 is 14.3 Å². The highest BCUT2D eigenvalue weighted by molar-refractivity contribution is 6.35. The summed E-state index contributed by atoms with van der Waals surface area (Å²) in [5, 5.41) is 0. The van der Waals surface area contributed by atoms with E-state index in [-0.39, 0.29) is 5.91 Å². The Bertz CT molecular complexity index is 758. The molecule has 1 aromatic heterocycles. The molecular weight excluding hydrogens is 268 g/mol. The van der Waals surface area contributed by atoms with Gasteiger partial charge in [0.25, 0.3) is 5.91 Å². The van der Waals surface area contributed by atoms with Crippen molar-refractivity contribution in [3.63, 3.8) is 0 Å². The third-order valence-electron chi connectivity index (χ3n) is 3.50. The molecule has 2 heterocycles. The number of likely N-dealkylation sites (N-methyl/N-ethyl adjacent to an activating group) is 1. The number of amides is 1. The molecule has 5 heteroatoms. The maximum Gasteiger partial charge on any atom is 0.354 e. The van der Waals surface area contributed by atoms with Gasteiger partial charge in [-0.25, -0.2) is 4.79 Å². The molecule has 2 aromatic rings. The van der Waals surface area contributed by atoms with E-state index in [0.717, 1.165) is 11.3 Å². The van der Waals surface area contributed by atoms with Crippen LogP contribution in [0.1, 0.15) is 21.7 Å². The Balaban J connectivity index is 2.02. The molecule has 3 rings (SSSR count). The highest BCUT2D eigenvalue weighted by atomic mass is 16.5. The first-order valence-corrected chi connectivity index (χ1v) is 6.48. The van der Waals surface area contributed by atoms with E-state index in [2.05, 4.69) is 9.72 Å². The zero-order valence-electron chi connectivity index (χ0n) is 11.7. The summed E-state index contributed by atoms with van der Waals surface area (Å²) in [6, 6.07) is 11.0. The van der Waals surface area contributed by atoms with Crippen molar-refractivity contribution in [3.05, 3.63) is 53.3 Å². The van der Waals surface area contributed by atoms with Crippen LogP contribution in [-0.2, 0) is 9.53 Å². The van der Waals surface area contributed by atoms with Gasteiger partial charge in [0.15, 0.2) is 0 Å². The molecule has 0 aliphatic carbocycles. The summed E-state index contributed by atoms with van der Waals surface area (Å²) in [5.41, 5.74) is 3.42. The zero-order valence-corrected chi connectivity index (χ0v) is 11.7. The number of fused-ring (bicyclic) bond motifs is 1. The highest BCUT2D eigenvalue weighted by Crippen LogP contribution is 2.36. The molecule has 1 amide bonds. The number of anilines is 1. The number of nitrogens with one attached hydrogen (secondary N) is 1.